The fourth-order valence-electron chi connectivity index (χ4n) is 2.31. The van der Waals surface area contributed by atoms with E-state index in [4.69, 9.17) is 0 Å². The van der Waals surface area contributed by atoms with E-state index in [1.54, 1.807) is 20.2 Å². The molecule has 2 heterocycles. The minimum absolute atomic E-state index is 0.191. The lowest BCUT2D eigenvalue weighted by molar-refractivity contribution is -0.122. The number of nitrogens with one attached hydrogen (secondary N) is 2. The van der Waals surface area contributed by atoms with E-state index < -0.39 is 6.04 Å². The van der Waals surface area contributed by atoms with Gasteiger partial charge in [0, 0.05) is 13.2 Å². The second-order valence-electron chi connectivity index (χ2n) is 5.92. The van der Waals surface area contributed by atoms with Gasteiger partial charge in [0.2, 0.25) is 5.91 Å². The van der Waals surface area contributed by atoms with Crippen LogP contribution in [0, 0.1) is 12.8 Å². The molecule has 2 aromatic heterocycles. The van der Waals surface area contributed by atoms with Crippen molar-refractivity contribution in [2.24, 2.45) is 5.92 Å². The van der Waals surface area contributed by atoms with Gasteiger partial charge in [-0.25, -0.2) is 4.98 Å². The largest absolute Gasteiger partial charge is 0.357 e. The predicted octanol–water partition coefficient (Wildman–Crippen LogP) is 2.40. The van der Waals surface area contributed by atoms with Crippen LogP contribution in [-0.4, -0.2) is 34.9 Å². The van der Waals surface area contributed by atoms with Crippen LogP contribution in [0.5, 0.6) is 0 Å². The molecule has 0 aliphatic heterocycles. The highest BCUT2D eigenvalue weighted by atomic mass is 32.1. The number of aryl methyl sites for hydroxylation is 1. The van der Waals surface area contributed by atoms with Crippen molar-refractivity contribution in [2.45, 2.75) is 33.2 Å². The summed E-state index contributed by atoms with van der Waals surface area (Å²) in [5, 5.41) is 6.11. The van der Waals surface area contributed by atoms with Crippen LogP contribution >= 0.6 is 11.3 Å². The first-order valence-electron chi connectivity index (χ1n) is 7.83. The van der Waals surface area contributed by atoms with Crippen LogP contribution in [0.3, 0.4) is 0 Å². The van der Waals surface area contributed by atoms with Crippen molar-refractivity contribution >= 4 is 23.2 Å². The fraction of sp³-hybridized carbons (Fsp3) is 0.412. The molecule has 2 N–H and O–H groups in total. The molecule has 128 valence electrons. The maximum absolute atomic E-state index is 12.6. The summed E-state index contributed by atoms with van der Waals surface area (Å²) in [6.45, 7) is 5.81. The monoisotopic (exact) mass is 346 g/mol. The molecule has 7 heteroatoms. The number of rotatable bonds is 6. The molecule has 2 amide bonds. The Labute approximate surface area is 145 Å². The highest BCUT2D eigenvalue weighted by Crippen LogP contribution is 2.26. The van der Waals surface area contributed by atoms with Crippen molar-refractivity contribution in [3.05, 3.63) is 35.0 Å². The van der Waals surface area contributed by atoms with Crippen LogP contribution in [0.15, 0.2) is 24.4 Å². The average molecular weight is 346 g/mol. The fourth-order valence-corrected chi connectivity index (χ4v) is 3.25. The van der Waals surface area contributed by atoms with E-state index in [0.29, 0.717) is 27.9 Å². The number of likely N-dealkylation sites (N-methyl/N-ethyl adjacent to an activating group) is 1. The van der Waals surface area contributed by atoms with Gasteiger partial charge in [0.25, 0.3) is 5.91 Å². The van der Waals surface area contributed by atoms with Gasteiger partial charge in [-0.05, 0) is 31.4 Å². The van der Waals surface area contributed by atoms with Crippen molar-refractivity contribution in [3.63, 3.8) is 0 Å². The summed E-state index contributed by atoms with van der Waals surface area (Å²) in [6, 6.07) is 5.01. The van der Waals surface area contributed by atoms with Crippen LogP contribution in [-0.2, 0) is 4.79 Å². The maximum Gasteiger partial charge on any atom is 0.263 e. The highest BCUT2D eigenvalue weighted by Gasteiger charge is 2.24. The van der Waals surface area contributed by atoms with E-state index in [9.17, 15) is 9.59 Å². The molecule has 0 radical (unpaired) electrons. The van der Waals surface area contributed by atoms with Gasteiger partial charge in [-0.15, -0.1) is 11.3 Å². The Morgan fingerprint density at radius 3 is 2.62 bits per heavy atom. The van der Waals surface area contributed by atoms with Gasteiger partial charge in [0.1, 0.15) is 15.9 Å². The van der Waals surface area contributed by atoms with E-state index in [1.807, 2.05) is 32.0 Å². The number of thiazole rings is 1. The molecule has 0 saturated carbocycles. The number of carbonyl (C=O) groups excluding carboxylic acids is 2. The molecule has 0 bridgehead atoms. The smallest absolute Gasteiger partial charge is 0.263 e. The Morgan fingerprint density at radius 2 is 2.04 bits per heavy atom. The van der Waals surface area contributed by atoms with Crippen LogP contribution in [0.4, 0.5) is 0 Å². The molecule has 2 rings (SSSR count). The SMILES string of the molecule is CNC(=O)[C@@H](CC(C)C)NC(=O)c1sc(-c2ccccn2)nc1C. The van der Waals surface area contributed by atoms with Crippen LogP contribution in [0.2, 0.25) is 0 Å². The molecule has 0 spiro atoms. The van der Waals surface area contributed by atoms with E-state index in [2.05, 4.69) is 20.6 Å². The van der Waals surface area contributed by atoms with Crippen molar-refractivity contribution < 1.29 is 9.59 Å². The lowest BCUT2D eigenvalue weighted by Gasteiger charge is -2.18. The van der Waals surface area contributed by atoms with Gasteiger partial charge in [-0.1, -0.05) is 19.9 Å². The number of hydrogen-bond acceptors (Lipinski definition) is 5. The topological polar surface area (TPSA) is 84.0 Å². The Hall–Kier alpha value is -2.28. The Bertz CT molecular complexity index is 713. The lowest BCUT2D eigenvalue weighted by atomic mass is 10.0. The molecule has 24 heavy (non-hydrogen) atoms. The molecular formula is C17H22N4O2S. The summed E-state index contributed by atoms with van der Waals surface area (Å²) in [5.74, 6) is -0.176. The summed E-state index contributed by atoms with van der Waals surface area (Å²) >= 11 is 1.28. The molecule has 0 saturated heterocycles. The van der Waals surface area contributed by atoms with Gasteiger partial charge in [-0.3, -0.25) is 14.6 Å². The van der Waals surface area contributed by atoms with E-state index >= 15 is 0 Å². The Kier molecular flexibility index (Phi) is 6.03. The van der Waals surface area contributed by atoms with Gasteiger partial charge >= 0.3 is 0 Å². The first-order valence-corrected chi connectivity index (χ1v) is 8.65. The molecule has 0 fully saturated rings. The van der Waals surface area contributed by atoms with E-state index in [1.165, 1.54) is 11.3 Å². The number of carbonyl (C=O) groups is 2. The third-order valence-corrected chi connectivity index (χ3v) is 4.64. The molecule has 6 nitrogen and oxygen atoms in total. The standard InChI is InChI=1S/C17H22N4O2S/c1-10(2)9-13(15(22)18-4)21-16(23)14-11(3)20-17(24-14)12-7-5-6-8-19-12/h5-8,10,13H,9H2,1-4H3,(H,18,22)(H,21,23)/t13-/m1/s1. The second-order valence-corrected chi connectivity index (χ2v) is 6.92. The van der Waals surface area contributed by atoms with Gasteiger partial charge < -0.3 is 10.6 Å². The zero-order valence-electron chi connectivity index (χ0n) is 14.3. The molecule has 0 unspecified atom stereocenters. The zero-order chi connectivity index (χ0) is 17.7. The maximum atomic E-state index is 12.6. The molecular weight excluding hydrogens is 324 g/mol. The molecule has 0 aliphatic rings. The number of hydrogen-bond donors (Lipinski definition) is 2. The van der Waals surface area contributed by atoms with Crippen LogP contribution < -0.4 is 10.6 Å². The Balaban J connectivity index is 2.20. The summed E-state index contributed by atoms with van der Waals surface area (Å²) in [7, 11) is 1.57. The van der Waals surface area contributed by atoms with Gasteiger partial charge in [0.05, 0.1) is 11.4 Å². The number of amides is 2. The number of nitrogens with zero attached hydrogens (tertiary/aromatic N) is 2. The summed E-state index contributed by atoms with van der Waals surface area (Å²) in [4.78, 5) is 33.8. The number of pyridine rings is 1. The van der Waals surface area contributed by atoms with Crippen molar-refractivity contribution in [2.75, 3.05) is 7.05 Å². The van der Waals surface area contributed by atoms with Gasteiger partial charge in [-0.2, -0.15) is 0 Å². The Morgan fingerprint density at radius 1 is 1.29 bits per heavy atom. The van der Waals surface area contributed by atoms with Gasteiger partial charge in [0.15, 0.2) is 0 Å². The highest BCUT2D eigenvalue weighted by molar-refractivity contribution is 7.17. The third kappa shape index (κ3) is 4.38. The number of aromatic nitrogens is 2. The van der Waals surface area contributed by atoms with Crippen LogP contribution in [0.25, 0.3) is 10.7 Å². The summed E-state index contributed by atoms with van der Waals surface area (Å²) in [5.41, 5.74) is 1.37. The van der Waals surface area contributed by atoms with E-state index in [-0.39, 0.29) is 11.8 Å². The average Bonchev–Trinajstić information content (AvgIpc) is 2.96. The predicted molar refractivity (Wildman–Crippen MR) is 94.9 cm³/mol. The van der Waals surface area contributed by atoms with Crippen LogP contribution in [0.1, 0.15) is 35.6 Å². The van der Waals surface area contributed by atoms with Crippen molar-refractivity contribution in [1.29, 1.82) is 0 Å². The lowest BCUT2D eigenvalue weighted by Crippen LogP contribution is -2.46. The molecule has 0 aliphatic carbocycles. The zero-order valence-corrected chi connectivity index (χ0v) is 15.1. The van der Waals surface area contributed by atoms with Crippen molar-refractivity contribution in [1.82, 2.24) is 20.6 Å². The molecule has 2 aromatic rings. The quantitative estimate of drug-likeness (QED) is 0.841. The molecule has 1 atom stereocenters. The minimum Gasteiger partial charge on any atom is -0.357 e. The normalized spacial score (nSPS) is 12.0. The first kappa shape index (κ1) is 18.1. The first-order chi connectivity index (χ1) is 11.4. The van der Waals surface area contributed by atoms with E-state index in [0.717, 1.165) is 5.69 Å². The van der Waals surface area contributed by atoms with Crippen molar-refractivity contribution in [3.8, 4) is 10.7 Å². The summed E-state index contributed by atoms with van der Waals surface area (Å²) < 4.78 is 0. The second kappa shape index (κ2) is 8.01. The summed E-state index contributed by atoms with van der Waals surface area (Å²) in [6.07, 6.45) is 2.27. The molecule has 0 aromatic carbocycles. The minimum atomic E-state index is -0.553. The third-order valence-electron chi connectivity index (χ3n) is 3.46.